The number of carbonyl (C=O) groups is 1. The second-order valence-corrected chi connectivity index (χ2v) is 8.60. The molecule has 0 bridgehead atoms. The zero-order valence-corrected chi connectivity index (χ0v) is 16.2. The van der Waals surface area contributed by atoms with Crippen LogP contribution in [0.1, 0.15) is 24.0 Å². The van der Waals surface area contributed by atoms with E-state index in [1.54, 1.807) is 6.92 Å². The molecule has 0 heterocycles. The normalized spacial score (nSPS) is 11.4. The molecule has 0 fully saturated rings. The van der Waals surface area contributed by atoms with Gasteiger partial charge in [-0.2, -0.15) is 0 Å². The first kappa shape index (κ1) is 19.6. The van der Waals surface area contributed by atoms with Gasteiger partial charge in [0.05, 0.1) is 22.3 Å². The molecule has 0 unspecified atom stereocenters. The minimum Gasteiger partial charge on any atom is -0.506 e. The molecule has 0 atom stereocenters. The molecular formula is C22H21NO4S. The van der Waals surface area contributed by atoms with Crippen LogP contribution in [0.3, 0.4) is 0 Å². The van der Waals surface area contributed by atoms with Gasteiger partial charge in [0.25, 0.3) is 0 Å². The molecular weight excluding hydrogens is 374 g/mol. The van der Waals surface area contributed by atoms with Crippen molar-refractivity contribution in [2.75, 3.05) is 11.1 Å². The number of anilines is 1. The van der Waals surface area contributed by atoms with E-state index < -0.39 is 15.8 Å². The standard InChI is InChI=1S/C22H21NO4S/c1-2-28(26,27)18-13-14-20(24)19(15-18)23-22(25)21(16-9-5-3-6-10-16)17-11-7-4-8-12-17/h3-15,21,24H,2H2,1H3,(H,23,25). The summed E-state index contributed by atoms with van der Waals surface area (Å²) in [6.45, 7) is 1.54. The van der Waals surface area contributed by atoms with E-state index in [0.29, 0.717) is 0 Å². The largest absolute Gasteiger partial charge is 0.506 e. The van der Waals surface area contributed by atoms with Gasteiger partial charge in [0.15, 0.2) is 9.84 Å². The van der Waals surface area contributed by atoms with Crippen LogP contribution in [0.25, 0.3) is 0 Å². The number of benzene rings is 3. The summed E-state index contributed by atoms with van der Waals surface area (Å²) in [5.74, 6) is -1.22. The number of sulfone groups is 1. The summed E-state index contributed by atoms with van der Waals surface area (Å²) in [5.41, 5.74) is 1.66. The maximum Gasteiger partial charge on any atom is 0.236 e. The summed E-state index contributed by atoms with van der Waals surface area (Å²) in [7, 11) is -3.46. The fourth-order valence-corrected chi connectivity index (χ4v) is 3.87. The minimum atomic E-state index is -3.46. The number of rotatable bonds is 6. The lowest BCUT2D eigenvalue weighted by molar-refractivity contribution is -0.116. The van der Waals surface area contributed by atoms with E-state index in [2.05, 4.69) is 5.32 Å². The van der Waals surface area contributed by atoms with Crippen LogP contribution >= 0.6 is 0 Å². The average molecular weight is 395 g/mol. The van der Waals surface area contributed by atoms with E-state index in [-0.39, 0.29) is 28.0 Å². The van der Waals surface area contributed by atoms with Crippen molar-refractivity contribution >= 4 is 21.4 Å². The average Bonchev–Trinajstić information content (AvgIpc) is 2.71. The van der Waals surface area contributed by atoms with Gasteiger partial charge in [0, 0.05) is 0 Å². The number of hydrogen-bond donors (Lipinski definition) is 2. The molecule has 0 saturated carbocycles. The summed E-state index contributed by atoms with van der Waals surface area (Å²) in [6, 6.07) is 22.5. The van der Waals surface area contributed by atoms with Crippen LogP contribution in [-0.2, 0) is 14.6 Å². The van der Waals surface area contributed by atoms with Crippen molar-refractivity contribution in [2.45, 2.75) is 17.7 Å². The van der Waals surface area contributed by atoms with Gasteiger partial charge in [-0.3, -0.25) is 4.79 Å². The first-order chi connectivity index (χ1) is 13.4. The van der Waals surface area contributed by atoms with E-state index in [1.165, 1.54) is 18.2 Å². The van der Waals surface area contributed by atoms with Crippen molar-refractivity contribution in [1.29, 1.82) is 0 Å². The van der Waals surface area contributed by atoms with Gasteiger partial charge in [-0.25, -0.2) is 8.42 Å². The van der Waals surface area contributed by atoms with Crippen molar-refractivity contribution in [3.63, 3.8) is 0 Å². The lowest BCUT2D eigenvalue weighted by Crippen LogP contribution is -2.22. The third kappa shape index (κ3) is 4.23. The number of aromatic hydroxyl groups is 1. The van der Waals surface area contributed by atoms with Gasteiger partial charge < -0.3 is 10.4 Å². The summed E-state index contributed by atoms with van der Waals surface area (Å²) in [4.78, 5) is 13.2. The molecule has 1 amide bonds. The molecule has 6 heteroatoms. The van der Waals surface area contributed by atoms with E-state index >= 15 is 0 Å². The van der Waals surface area contributed by atoms with Crippen LogP contribution in [0.4, 0.5) is 5.69 Å². The number of phenols is 1. The summed E-state index contributed by atoms with van der Waals surface area (Å²) in [5, 5.41) is 12.8. The number of nitrogens with one attached hydrogen (secondary N) is 1. The molecule has 0 radical (unpaired) electrons. The Morgan fingerprint density at radius 2 is 1.46 bits per heavy atom. The Kier molecular flexibility index (Phi) is 5.80. The zero-order valence-electron chi connectivity index (χ0n) is 15.4. The molecule has 0 aliphatic carbocycles. The van der Waals surface area contributed by atoms with Gasteiger partial charge in [-0.1, -0.05) is 67.6 Å². The highest BCUT2D eigenvalue weighted by Gasteiger charge is 2.24. The molecule has 0 saturated heterocycles. The SMILES string of the molecule is CCS(=O)(=O)c1ccc(O)c(NC(=O)C(c2ccccc2)c2ccccc2)c1. The smallest absolute Gasteiger partial charge is 0.236 e. The Labute approximate surface area is 164 Å². The van der Waals surface area contributed by atoms with Crippen LogP contribution in [0, 0.1) is 0 Å². The number of carbonyl (C=O) groups excluding carboxylic acids is 1. The summed E-state index contributed by atoms with van der Waals surface area (Å²) >= 11 is 0. The van der Waals surface area contributed by atoms with Gasteiger partial charge in [0.2, 0.25) is 5.91 Å². The maximum atomic E-state index is 13.1. The topological polar surface area (TPSA) is 83.5 Å². The van der Waals surface area contributed by atoms with E-state index in [4.69, 9.17) is 0 Å². The van der Waals surface area contributed by atoms with Crippen LogP contribution in [0.2, 0.25) is 0 Å². The predicted octanol–water partition coefficient (Wildman–Crippen LogP) is 3.96. The van der Waals surface area contributed by atoms with Crippen LogP contribution < -0.4 is 5.32 Å². The highest BCUT2D eigenvalue weighted by molar-refractivity contribution is 7.91. The monoisotopic (exact) mass is 395 g/mol. The summed E-state index contributed by atoms with van der Waals surface area (Å²) < 4.78 is 24.3. The van der Waals surface area contributed by atoms with Crippen molar-refractivity contribution in [2.24, 2.45) is 0 Å². The number of hydrogen-bond acceptors (Lipinski definition) is 4. The Balaban J connectivity index is 1.99. The van der Waals surface area contributed by atoms with Crippen molar-refractivity contribution in [1.82, 2.24) is 0 Å². The Morgan fingerprint density at radius 1 is 0.929 bits per heavy atom. The maximum absolute atomic E-state index is 13.1. The van der Waals surface area contributed by atoms with Gasteiger partial charge in [-0.15, -0.1) is 0 Å². The number of phenolic OH excluding ortho intramolecular Hbond substituents is 1. The molecule has 3 rings (SSSR count). The van der Waals surface area contributed by atoms with Gasteiger partial charge >= 0.3 is 0 Å². The van der Waals surface area contributed by atoms with Crippen LogP contribution in [0.5, 0.6) is 5.75 Å². The molecule has 0 aliphatic heterocycles. The third-order valence-electron chi connectivity index (χ3n) is 4.49. The zero-order chi connectivity index (χ0) is 20.1. The number of amides is 1. The molecule has 0 aliphatic rings. The lowest BCUT2D eigenvalue weighted by atomic mass is 9.90. The van der Waals surface area contributed by atoms with E-state index in [1.807, 2.05) is 60.7 Å². The van der Waals surface area contributed by atoms with Crippen LogP contribution in [0.15, 0.2) is 83.8 Å². The first-order valence-electron chi connectivity index (χ1n) is 8.89. The molecule has 0 aromatic heterocycles. The van der Waals surface area contributed by atoms with Crippen LogP contribution in [-0.4, -0.2) is 25.2 Å². The van der Waals surface area contributed by atoms with Crippen molar-refractivity contribution in [3.8, 4) is 5.75 Å². The predicted molar refractivity (Wildman–Crippen MR) is 109 cm³/mol. The highest BCUT2D eigenvalue weighted by atomic mass is 32.2. The third-order valence-corrected chi connectivity index (χ3v) is 6.23. The Bertz CT molecular complexity index is 1020. The molecule has 0 spiro atoms. The fraction of sp³-hybridized carbons (Fsp3) is 0.136. The Hall–Kier alpha value is -3.12. The summed E-state index contributed by atoms with van der Waals surface area (Å²) in [6.07, 6.45) is 0. The molecule has 2 N–H and O–H groups in total. The van der Waals surface area contributed by atoms with Gasteiger partial charge in [0.1, 0.15) is 5.75 Å². The van der Waals surface area contributed by atoms with Crippen molar-refractivity contribution < 1.29 is 18.3 Å². The highest BCUT2D eigenvalue weighted by Crippen LogP contribution is 2.31. The van der Waals surface area contributed by atoms with Crippen molar-refractivity contribution in [3.05, 3.63) is 90.0 Å². The molecule has 3 aromatic carbocycles. The minimum absolute atomic E-state index is 0.0547. The molecule has 28 heavy (non-hydrogen) atoms. The van der Waals surface area contributed by atoms with E-state index in [0.717, 1.165) is 11.1 Å². The lowest BCUT2D eigenvalue weighted by Gasteiger charge is -2.18. The van der Waals surface area contributed by atoms with Gasteiger partial charge in [-0.05, 0) is 29.3 Å². The second-order valence-electron chi connectivity index (χ2n) is 6.33. The van der Waals surface area contributed by atoms with E-state index in [9.17, 15) is 18.3 Å². The molecule has 3 aromatic rings. The first-order valence-corrected chi connectivity index (χ1v) is 10.5. The second kappa shape index (κ2) is 8.27. The molecule has 144 valence electrons. The quantitative estimate of drug-likeness (QED) is 0.619. The Morgan fingerprint density at radius 3 is 1.96 bits per heavy atom. The fourth-order valence-electron chi connectivity index (χ4n) is 2.97. The molecule has 5 nitrogen and oxygen atoms in total.